The fraction of sp³-hybridized carbons (Fsp3) is 0.375. The predicted molar refractivity (Wildman–Crippen MR) is 153 cm³/mol. The number of imide groups is 1. The lowest BCUT2D eigenvalue weighted by Gasteiger charge is -2.42. The number of rotatable bonds is 5. The lowest BCUT2D eigenvalue weighted by Crippen LogP contribution is -2.63. The van der Waals surface area contributed by atoms with E-state index >= 15 is 0 Å². The second-order valence-electron chi connectivity index (χ2n) is 11.7. The summed E-state index contributed by atoms with van der Waals surface area (Å²) in [4.78, 5) is 53.9. The highest BCUT2D eigenvalue weighted by Crippen LogP contribution is 2.52. The number of carboxylic acid groups (broad SMARTS) is 1. The Labute approximate surface area is 264 Å². The number of halogens is 6. The Morgan fingerprint density at radius 2 is 1.55 bits per heavy atom. The van der Waals surface area contributed by atoms with Crippen LogP contribution in [0.4, 0.5) is 26.3 Å². The van der Waals surface area contributed by atoms with E-state index in [1.54, 1.807) is 4.90 Å². The number of carbonyl (C=O) groups is 4. The Hall–Kier alpha value is -4.66. The number of hydrogen-bond donors (Lipinski definition) is 2. The maximum absolute atomic E-state index is 14.2. The smallest absolute Gasteiger partial charge is 0.475 e. The number of piperidine rings is 1. The van der Waals surface area contributed by atoms with Crippen LogP contribution in [-0.4, -0.2) is 61.4 Å². The van der Waals surface area contributed by atoms with Gasteiger partial charge in [0.25, 0.3) is 0 Å². The van der Waals surface area contributed by atoms with Crippen molar-refractivity contribution in [3.05, 3.63) is 95.3 Å². The zero-order valence-electron chi connectivity index (χ0n) is 24.9. The molecular weight excluding hydrogens is 634 g/mol. The van der Waals surface area contributed by atoms with Crippen molar-refractivity contribution in [1.29, 1.82) is 0 Å². The van der Waals surface area contributed by atoms with Gasteiger partial charge in [-0.3, -0.25) is 24.6 Å². The van der Waals surface area contributed by atoms with Gasteiger partial charge in [0.15, 0.2) is 0 Å². The van der Waals surface area contributed by atoms with E-state index in [1.807, 2.05) is 60.3 Å². The fourth-order valence-corrected chi connectivity index (χ4v) is 6.62. The molecule has 6 rings (SSSR count). The van der Waals surface area contributed by atoms with Crippen molar-refractivity contribution in [2.75, 3.05) is 6.54 Å². The standard InChI is InChI=1S/C30H29F3N4O3.C2HF3O2/c1-35-15-5-9-22(35)18-36-16-6-14-29(28(36)40)24-23(25(34-29)20-10-12-21(13-11-20)30(31,32)33)26(38)37(27(24)39)17-19-7-3-2-4-8-19;3-2(4,5)1(6)7/h2-5,7-13,15,23-25,34H,6,14,16-18H2,1H3;(H,6,7)/t23-,24-,25-,29-;/m1./s1. The Morgan fingerprint density at radius 1 is 0.915 bits per heavy atom. The molecule has 3 aromatic rings. The Balaban J connectivity index is 0.000000559. The lowest BCUT2D eigenvalue weighted by molar-refractivity contribution is -0.192. The topological polar surface area (TPSA) is 112 Å². The van der Waals surface area contributed by atoms with Crippen LogP contribution in [0.15, 0.2) is 72.9 Å². The van der Waals surface area contributed by atoms with Crippen LogP contribution in [0.3, 0.4) is 0 Å². The van der Waals surface area contributed by atoms with Gasteiger partial charge in [0, 0.05) is 31.5 Å². The number of aliphatic carboxylic acids is 1. The number of fused-ring (bicyclic) bond motifs is 2. The number of amides is 3. The maximum Gasteiger partial charge on any atom is 0.490 e. The van der Waals surface area contributed by atoms with Crippen LogP contribution in [0.2, 0.25) is 0 Å². The Morgan fingerprint density at radius 3 is 2.11 bits per heavy atom. The van der Waals surface area contributed by atoms with Gasteiger partial charge in [-0.2, -0.15) is 26.3 Å². The van der Waals surface area contributed by atoms with E-state index in [-0.39, 0.29) is 12.5 Å². The number of nitrogens with one attached hydrogen (secondary N) is 1. The second kappa shape index (κ2) is 12.5. The lowest BCUT2D eigenvalue weighted by atomic mass is 9.74. The average Bonchev–Trinajstić information content (AvgIpc) is 3.65. The fourth-order valence-electron chi connectivity index (χ4n) is 6.62. The molecule has 0 bridgehead atoms. The molecule has 47 heavy (non-hydrogen) atoms. The van der Waals surface area contributed by atoms with Gasteiger partial charge in [-0.15, -0.1) is 0 Å². The van der Waals surface area contributed by atoms with Crippen molar-refractivity contribution in [3.63, 3.8) is 0 Å². The summed E-state index contributed by atoms with van der Waals surface area (Å²) < 4.78 is 73.5. The molecule has 1 aromatic heterocycles. The van der Waals surface area contributed by atoms with Crippen LogP contribution in [0.1, 0.15) is 41.3 Å². The van der Waals surface area contributed by atoms with Crippen LogP contribution in [0.5, 0.6) is 0 Å². The molecule has 4 atom stereocenters. The summed E-state index contributed by atoms with van der Waals surface area (Å²) in [7, 11) is 1.89. The Kier molecular flexibility index (Phi) is 8.97. The number of carbonyl (C=O) groups excluding carboxylic acids is 3. The molecule has 2 aromatic carbocycles. The molecule has 250 valence electrons. The zero-order chi connectivity index (χ0) is 34.3. The van der Waals surface area contributed by atoms with Crippen molar-refractivity contribution in [2.45, 2.75) is 49.9 Å². The minimum absolute atomic E-state index is 0.0720. The quantitative estimate of drug-likeness (QED) is 0.303. The molecule has 3 saturated heterocycles. The predicted octanol–water partition coefficient (Wildman–Crippen LogP) is 4.68. The largest absolute Gasteiger partial charge is 0.490 e. The summed E-state index contributed by atoms with van der Waals surface area (Å²) in [6.07, 6.45) is -6.73. The highest BCUT2D eigenvalue weighted by molar-refractivity contribution is 6.10. The molecular formula is C32H30F6N4O5. The molecule has 0 saturated carbocycles. The van der Waals surface area contributed by atoms with Crippen molar-refractivity contribution < 1.29 is 50.6 Å². The monoisotopic (exact) mass is 664 g/mol. The van der Waals surface area contributed by atoms with Crippen molar-refractivity contribution in [1.82, 2.24) is 19.7 Å². The van der Waals surface area contributed by atoms with Gasteiger partial charge in [-0.1, -0.05) is 42.5 Å². The molecule has 3 amide bonds. The minimum atomic E-state index is -5.08. The van der Waals surface area contributed by atoms with Crippen LogP contribution >= 0.6 is 0 Å². The van der Waals surface area contributed by atoms with Gasteiger partial charge >= 0.3 is 18.3 Å². The molecule has 1 spiro atoms. The van der Waals surface area contributed by atoms with Gasteiger partial charge in [-0.05, 0) is 48.2 Å². The number of hydrogen-bond acceptors (Lipinski definition) is 5. The zero-order valence-corrected chi connectivity index (χ0v) is 24.9. The summed E-state index contributed by atoms with van der Waals surface area (Å²) in [6, 6.07) is 16.8. The highest BCUT2D eigenvalue weighted by Gasteiger charge is 2.69. The number of aromatic nitrogens is 1. The van der Waals surface area contributed by atoms with E-state index < -0.39 is 59.1 Å². The van der Waals surface area contributed by atoms with Gasteiger partial charge in [0.1, 0.15) is 5.54 Å². The summed E-state index contributed by atoms with van der Waals surface area (Å²) in [5, 5.41) is 10.5. The van der Waals surface area contributed by atoms with Crippen molar-refractivity contribution in [3.8, 4) is 0 Å². The van der Waals surface area contributed by atoms with Gasteiger partial charge in [-0.25, -0.2) is 4.79 Å². The van der Waals surface area contributed by atoms with Crippen LogP contribution in [0, 0.1) is 11.8 Å². The number of benzene rings is 2. The number of aryl methyl sites for hydroxylation is 1. The van der Waals surface area contributed by atoms with E-state index in [0.717, 1.165) is 23.4 Å². The second-order valence-corrected chi connectivity index (χ2v) is 11.7. The summed E-state index contributed by atoms with van der Waals surface area (Å²) >= 11 is 0. The number of nitrogens with zero attached hydrogens (tertiary/aromatic N) is 3. The number of carboxylic acids is 1. The van der Waals surface area contributed by atoms with Crippen molar-refractivity contribution >= 4 is 23.7 Å². The summed E-state index contributed by atoms with van der Waals surface area (Å²) in [5.41, 5.74) is 0.00778. The van der Waals surface area contributed by atoms with Gasteiger partial charge < -0.3 is 14.6 Å². The molecule has 2 N–H and O–H groups in total. The molecule has 3 aliphatic rings. The minimum Gasteiger partial charge on any atom is -0.475 e. The van der Waals surface area contributed by atoms with Crippen LogP contribution in [-0.2, 0) is 45.5 Å². The molecule has 0 unspecified atom stereocenters. The average molecular weight is 665 g/mol. The van der Waals surface area contributed by atoms with E-state index in [9.17, 15) is 40.7 Å². The van der Waals surface area contributed by atoms with E-state index in [1.165, 1.54) is 17.0 Å². The highest BCUT2D eigenvalue weighted by atomic mass is 19.4. The van der Waals surface area contributed by atoms with E-state index in [0.29, 0.717) is 31.5 Å². The number of likely N-dealkylation sites (tertiary alicyclic amines) is 2. The van der Waals surface area contributed by atoms with Crippen LogP contribution in [0.25, 0.3) is 0 Å². The SMILES string of the molecule is Cn1cccc1CN1CCC[C@]2(N[C@H](c3ccc(C(F)(F)F)cc3)[C@@H]3C(=O)N(Cc4ccccc4)C(=O)[C@@H]32)C1=O.O=C(O)C(F)(F)F. The van der Waals surface area contributed by atoms with Gasteiger partial charge in [0.2, 0.25) is 17.7 Å². The van der Waals surface area contributed by atoms with E-state index in [2.05, 4.69) is 5.32 Å². The van der Waals surface area contributed by atoms with Crippen molar-refractivity contribution in [2.24, 2.45) is 18.9 Å². The third-order valence-corrected chi connectivity index (χ3v) is 8.84. The molecule has 15 heteroatoms. The molecule has 3 aliphatic heterocycles. The first kappa shape index (κ1) is 33.7. The molecule has 0 radical (unpaired) electrons. The maximum atomic E-state index is 14.2. The molecule has 0 aliphatic carbocycles. The molecule has 9 nitrogen and oxygen atoms in total. The molecule has 3 fully saturated rings. The Bertz CT molecular complexity index is 1660. The first-order valence-corrected chi connectivity index (χ1v) is 14.6. The summed E-state index contributed by atoms with van der Waals surface area (Å²) in [5.74, 6) is -5.72. The molecule has 4 heterocycles. The van der Waals surface area contributed by atoms with Crippen LogP contribution < -0.4 is 5.32 Å². The van der Waals surface area contributed by atoms with E-state index in [4.69, 9.17) is 9.90 Å². The normalized spacial score (nSPS) is 24.4. The first-order valence-electron chi connectivity index (χ1n) is 14.6. The summed E-state index contributed by atoms with van der Waals surface area (Å²) in [6.45, 7) is 0.929. The number of alkyl halides is 6. The first-order chi connectivity index (χ1) is 22.0. The van der Waals surface area contributed by atoms with Gasteiger partial charge in [0.05, 0.1) is 30.5 Å². The third kappa shape index (κ3) is 6.48. The third-order valence-electron chi connectivity index (χ3n) is 8.84.